The average molecular weight is 294 g/mol. The molecule has 0 aliphatic carbocycles. The molecular weight excluding hydrogens is 283 g/mol. The van der Waals surface area contributed by atoms with Crippen molar-refractivity contribution in [1.29, 1.82) is 0 Å². The molecule has 22 heavy (non-hydrogen) atoms. The number of nitrogens with zero attached hydrogens (tertiary/aromatic N) is 2. The van der Waals surface area contributed by atoms with Crippen molar-refractivity contribution < 1.29 is 8.81 Å². The van der Waals surface area contributed by atoms with E-state index in [4.69, 9.17) is 4.42 Å². The van der Waals surface area contributed by atoms with Crippen LogP contribution in [-0.2, 0) is 0 Å². The fraction of sp³-hybridized carbons (Fsp3) is 0.0588. The highest BCUT2D eigenvalue weighted by Crippen LogP contribution is 2.23. The molecule has 0 saturated carbocycles. The quantitative estimate of drug-likeness (QED) is 0.504. The number of aromatic nitrogens is 2. The summed E-state index contributed by atoms with van der Waals surface area (Å²) < 4.78 is 20.1. The fourth-order valence-corrected chi connectivity index (χ4v) is 2.52. The Morgan fingerprint density at radius 2 is 2.00 bits per heavy atom. The molecule has 0 bridgehead atoms. The van der Waals surface area contributed by atoms with Crippen molar-refractivity contribution in [1.82, 2.24) is 9.61 Å². The second kappa shape index (κ2) is 4.53. The number of halogens is 1. The van der Waals surface area contributed by atoms with Crippen LogP contribution in [0.15, 0.2) is 57.9 Å². The summed E-state index contributed by atoms with van der Waals surface area (Å²) in [5.41, 5.74) is 2.67. The van der Waals surface area contributed by atoms with Gasteiger partial charge in [0.1, 0.15) is 11.4 Å². The molecule has 3 aromatic heterocycles. The lowest BCUT2D eigenvalue weighted by Gasteiger charge is -2.00. The van der Waals surface area contributed by atoms with E-state index < -0.39 is 11.4 Å². The second-order valence-corrected chi connectivity index (χ2v) is 5.20. The Balaban J connectivity index is 1.97. The lowest BCUT2D eigenvalue weighted by molar-refractivity contribution is 0.556. The third-order valence-electron chi connectivity index (χ3n) is 3.60. The molecule has 0 spiro atoms. The normalized spacial score (nSPS) is 11.4. The van der Waals surface area contributed by atoms with Gasteiger partial charge < -0.3 is 4.42 Å². The number of rotatable bonds is 1. The Bertz CT molecular complexity index is 1080. The van der Waals surface area contributed by atoms with Crippen LogP contribution in [-0.4, -0.2) is 9.61 Å². The minimum atomic E-state index is -0.495. The van der Waals surface area contributed by atoms with E-state index in [0.29, 0.717) is 10.9 Å². The molecule has 0 fully saturated rings. The van der Waals surface area contributed by atoms with Crippen LogP contribution in [0.25, 0.3) is 27.6 Å². The number of hydrogen-bond donors (Lipinski definition) is 0. The van der Waals surface area contributed by atoms with E-state index >= 15 is 0 Å². The number of benzene rings is 1. The number of fused-ring (bicyclic) bond motifs is 2. The molecule has 4 nitrogen and oxygen atoms in total. The molecule has 0 N–H and O–H groups in total. The third-order valence-corrected chi connectivity index (χ3v) is 3.60. The smallest absolute Gasteiger partial charge is 0.344 e. The first-order valence-corrected chi connectivity index (χ1v) is 6.80. The first kappa shape index (κ1) is 12.8. The van der Waals surface area contributed by atoms with E-state index in [9.17, 15) is 9.18 Å². The van der Waals surface area contributed by atoms with E-state index in [1.165, 1.54) is 12.1 Å². The van der Waals surface area contributed by atoms with Crippen molar-refractivity contribution in [2.45, 2.75) is 6.92 Å². The summed E-state index contributed by atoms with van der Waals surface area (Å²) in [6.07, 6.45) is 1.78. The molecule has 108 valence electrons. The van der Waals surface area contributed by atoms with Gasteiger partial charge in [-0.1, -0.05) is 0 Å². The van der Waals surface area contributed by atoms with Gasteiger partial charge in [0.05, 0.1) is 16.8 Å². The predicted molar refractivity (Wildman–Crippen MR) is 81.4 cm³/mol. The van der Waals surface area contributed by atoms with Crippen molar-refractivity contribution >= 4 is 16.5 Å². The molecule has 3 heterocycles. The molecule has 0 radical (unpaired) electrons. The summed E-state index contributed by atoms with van der Waals surface area (Å²) in [4.78, 5) is 12.2. The van der Waals surface area contributed by atoms with Gasteiger partial charge in [0.2, 0.25) is 0 Å². The molecule has 1 aromatic carbocycles. The van der Waals surface area contributed by atoms with Crippen molar-refractivity contribution in [3.8, 4) is 11.1 Å². The van der Waals surface area contributed by atoms with E-state index in [1.807, 2.05) is 25.1 Å². The van der Waals surface area contributed by atoms with Gasteiger partial charge in [0.15, 0.2) is 0 Å². The van der Waals surface area contributed by atoms with Crippen molar-refractivity contribution in [2.75, 3.05) is 0 Å². The van der Waals surface area contributed by atoms with Gasteiger partial charge in [-0.15, -0.1) is 0 Å². The minimum absolute atomic E-state index is 0.242. The Morgan fingerprint density at radius 1 is 1.14 bits per heavy atom. The van der Waals surface area contributed by atoms with Gasteiger partial charge in [-0.3, -0.25) is 0 Å². The van der Waals surface area contributed by atoms with Crippen molar-refractivity contribution in [3.05, 3.63) is 70.6 Å². The number of aryl methyl sites for hydroxylation is 1. The van der Waals surface area contributed by atoms with Crippen molar-refractivity contribution in [2.24, 2.45) is 0 Å². The lowest BCUT2D eigenvalue weighted by atomic mass is 10.1. The lowest BCUT2D eigenvalue weighted by Crippen LogP contribution is -2.02. The van der Waals surface area contributed by atoms with Gasteiger partial charge >= 0.3 is 5.63 Å². The zero-order chi connectivity index (χ0) is 15.3. The zero-order valence-corrected chi connectivity index (χ0v) is 11.7. The van der Waals surface area contributed by atoms with Crippen LogP contribution < -0.4 is 5.63 Å². The molecule has 0 unspecified atom stereocenters. The van der Waals surface area contributed by atoms with E-state index in [-0.39, 0.29) is 5.58 Å². The summed E-state index contributed by atoms with van der Waals surface area (Å²) in [6.45, 7) is 1.90. The first-order valence-electron chi connectivity index (χ1n) is 6.80. The highest BCUT2D eigenvalue weighted by Gasteiger charge is 2.11. The zero-order valence-electron chi connectivity index (χ0n) is 11.7. The third kappa shape index (κ3) is 1.98. The van der Waals surface area contributed by atoms with E-state index in [1.54, 1.807) is 22.8 Å². The Labute approximate surface area is 124 Å². The molecule has 4 rings (SSSR count). The van der Waals surface area contributed by atoms with E-state index in [0.717, 1.165) is 16.8 Å². The molecular formula is C17H11FN2O2. The fourth-order valence-electron chi connectivity index (χ4n) is 2.52. The van der Waals surface area contributed by atoms with Crippen LogP contribution >= 0.6 is 0 Å². The molecule has 0 aliphatic heterocycles. The molecule has 0 aliphatic rings. The maximum Gasteiger partial charge on any atom is 0.344 e. The largest absolute Gasteiger partial charge is 0.422 e. The maximum absolute atomic E-state index is 13.2. The number of hydrogen-bond acceptors (Lipinski definition) is 3. The molecule has 0 amide bonds. The summed E-state index contributed by atoms with van der Waals surface area (Å²) in [5, 5.41) is 5.04. The van der Waals surface area contributed by atoms with Gasteiger partial charge in [0.25, 0.3) is 0 Å². The van der Waals surface area contributed by atoms with Crippen LogP contribution in [0.4, 0.5) is 4.39 Å². The average Bonchev–Trinajstić information content (AvgIpc) is 2.89. The Morgan fingerprint density at radius 3 is 2.86 bits per heavy atom. The maximum atomic E-state index is 13.2. The van der Waals surface area contributed by atoms with Crippen LogP contribution in [0.1, 0.15) is 5.69 Å². The first-order chi connectivity index (χ1) is 10.6. The monoisotopic (exact) mass is 294 g/mol. The van der Waals surface area contributed by atoms with Gasteiger partial charge in [-0.25, -0.2) is 13.7 Å². The van der Waals surface area contributed by atoms with E-state index in [2.05, 4.69) is 5.10 Å². The van der Waals surface area contributed by atoms with Gasteiger partial charge in [-0.2, -0.15) is 5.10 Å². The van der Waals surface area contributed by atoms with Gasteiger partial charge in [0, 0.05) is 23.2 Å². The SMILES string of the molecule is Cc1ccc2cc(-c3cc4ccc(F)cc4oc3=O)cn2n1. The Kier molecular flexibility index (Phi) is 2.63. The van der Waals surface area contributed by atoms with Crippen molar-refractivity contribution in [3.63, 3.8) is 0 Å². The summed E-state index contributed by atoms with van der Waals surface area (Å²) >= 11 is 0. The van der Waals surface area contributed by atoms with Gasteiger partial charge in [-0.05, 0) is 43.3 Å². The summed E-state index contributed by atoms with van der Waals surface area (Å²) in [5.74, 6) is -0.433. The highest BCUT2D eigenvalue weighted by atomic mass is 19.1. The molecule has 0 atom stereocenters. The molecule has 5 heteroatoms. The summed E-state index contributed by atoms with van der Waals surface area (Å²) in [6, 6.07) is 11.6. The molecule has 4 aromatic rings. The standard InChI is InChI=1S/C17H11FN2O2/c1-10-2-5-14-6-12(9-20(14)19-10)15-7-11-3-4-13(18)8-16(11)22-17(15)21/h2-9H,1H3. The molecule has 0 saturated heterocycles. The van der Waals surface area contributed by atoms with Crippen LogP contribution in [0.5, 0.6) is 0 Å². The summed E-state index contributed by atoms with van der Waals surface area (Å²) in [7, 11) is 0. The van der Waals surface area contributed by atoms with Crippen LogP contribution in [0.3, 0.4) is 0 Å². The predicted octanol–water partition coefficient (Wildman–Crippen LogP) is 3.56. The van der Waals surface area contributed by atoms with Crippen LogP contribution in [0.2, 0.25) is 0 Å². The topological polar surface area (TPSA) is 47.5 Å². The second-order valence-electron chi connectivity index (χ2n) is 5.20. The van der Waals surface area contributed by atoms with Crippen LogP contribution in [0, 0.1) is 12.7 Å². The Hall–Kier alpha value is -2.95. The minimum Gasteiger partial charge on any atom is -0.422 e. The highest BCUT2D eigenvalue weighted by molar-refractivity contribution is 5.82.